The number of aliphatic hydroxyl groups excluding tert-OH is 1. The Bertz CT molecular complexity index is 280. The van der Waals surface area contributed by atoms with E-state index in [-0.39, 0.29) is 19.1 Å². The van der Waals surface area contributed by atoms with Crippen LogP contribution < -0.4 is 0 Å². The zero-order chi connectivity index (χ0) is 17.4. The van der Waals surface area contributed by atoms with E-state index in [0.29, 0.717) is 6.42 Å². The number of carbonyl (C=O) groups excluding carboxylic acids is 1. The molecule has 4 heteroatoms. The van der Waals surface area contributed by atoms with Gasteiger partial charge in [-0.25, -0.2) is 4.79 Å². The Morgan fingerprint density at radius 2 is 1.22 bits per heavy atom. The quantitative estimate of drug-likeness (QED) is 0.248. The third kappa shape index (κ3) is 13.7. The van der Waals surface area contributed by atoms with Gasteiger partial charge in [-0.2, -0.15) is 0 Å². The topological polar surface area (TPSA) is 60.4 Å². The minimum absolute atomic E-state index is 0.0305. The Labute approximate surface area is 143 Å². The molecule has 0 saturated carbocycles. The van der Waals surface area contributed by atoms with E-state index in [4.69, 9.17) is 5.11 Å². The van der Waals surface area contributed by atoms with E-state index in [1.54, 1.807) is 0 Å². The molecule has 4 nitrogen and oxygen atoms in total. The number of carbonyl (C=O) groups is 1. The fourth-order valence-electron chi connectivity index (χ4n) is 2.85. The zero-order valence-electron chi connectivity index (χ0n) is 15.5. The van der Waals surface area contributed by atoms with Crippen LogP contribution in [0.3, 0.4) is 0 Å². The van der Waals surface area contributed by atoms with E-state index in [2.05, 4.69) is 6.92 Å². The van der Waals surface area contributed by atoms with Gasteiger partial charge in [0.2, 0.25) is 0 Å². The minimum Gasteiger partial charge on any atom is -0.625 e. The van der Waals surface area contributed by atoms with Crippen LogP contribution >= 0.6 is 0 Å². The van der Waals surface area contributed by atoms with Crippen molar-refractivity contribution in [2.45, 2.75) is 96.8 Å². The lowest BCUT2D eigenvalue weighted by Gasteiger charge is -2.34. The van der Waals surface area contributed by atoms with Crippen molar-refractivity contribution in [3.05, 3.63) is 5.21 Å². The van der Waals surface area contributed by atoms with E-state index in [1.807, 2.05) is 0 Å². The van der Waals surface area contributed by atoms with Gasteiger partial charge in [0.1, 0.15) is 6.54 Å². The number of amides is 1. The number of rotatable bonds is 16. The summed E-state index contributed by atoms with van der Waals surface area (Å²) in [6, 6.07) is 0. The third-order valence-corrected chi connectivity index (χ3v) is 4.55. The van der Waals surface area contributed by atoms with Gasteiger partial charge in [0.05, 0.1) is 20.1 Å². The van der Waals surface area contributed by atoms with Gasteiger partial charge in [-0.3, -0.25) is 4.65 Å². The maximum absolute atomic E-state index is 11.8. The standard InChI is InChI=1S/C19H39NO3/c1-3-4-5-6-7-8-9-10-11-12-13-14-15-16-19(22)20(2,23)17-18-21/h21H,3-18H2,1-2H3. The molecule has 0 aliphatic carbocycles. The number of hydroxylamine groups is 3. The Hall–Kier alpha value is -0.450. The summed E-state index contributed by atoms with van der Waals surface area (Å²) >= 11 is 0. The first-order chi connectivity index (χ1) is 11.0. The highest BCUT2D eigenvalue weighted by atomic mass is 16.6. The largest absolute Gasteiger partial charge is 0.625 e. The summed E-state index contributed by atoms with van der Waals surface area (Å²) in [5.41, 5.74) is 0. The first-order valence-electron chi connectivity index (χ1n) is 9.75. The monoisotopic (exact) mass is 329 g/mol. The summed E-state index contributed by atoms with van der Waals surface area (Å²) < 4.78 is -0.936. The van der Waals surface area contributed by atoms with Crippen molar-refractivity contribution < 1.29 is 14.5 Å². The van der Waals surface area contributed by atoms with Crippen LogP contribution in [0.25, 0.3) is 0 Å². The average molecular weight is 330 g/mol. The highest BCUT2D eigenvalue weighted by Crippen LogP contribution is 2.14. The van der Waals surface area contributed by atoms with Crippen LogP contribution in [0.4, 0.5) is 0 Å². The molecule has 0 saturated heterocycles. The molecule has 1 N–H and O–H groups in total. The second kappa shape index (κ2) is 15.1. The van der Waals surface area contributed by atoms with Crippen LogP contribution in [-0.4, -0.2) is 35.9 Å². The fourth-order valence-corrected chi connectivity index (χ4v) is 2.85. The molecule has 1 unspecified atom stereocenters. The number of aliphatic hydroxyl groups is 1. The van der Waals surface area contributed by atoms with E-state index in [1.165, 1.54) is 71.3 Å². The maximum Gasteiger partial charge on any atom is 0.313 e. The first kappa shape index (κ1) is 22.6. The number of likely N-dealkylation sites (N-methyl/N-ethyl adjacent to an activating group) is 1. The molecule has 0 radical (unpaired) electrons. The van der Waals surface area contributed by atoms with Gasteiger partial charge in [0.25, 0.3) is 0 Å². The molecule has 0 aliphatic rings. The molecular weight excluding hydrogens is 290 g/mol. The van der Waals surface area contributed by atoms with Crippen LogP contribution in [-0.2, 0) is 4.79 Å². The number of hydrogen-bond acceptors (Lipinski definition) is 3. The molecule has 0 spiro atoms. The number of nitrogens with zero attached hydrogens (tertiary/aromatic N) is 1. The van der Waals surface area contributed by atoms with Crippen molar-refractivity contribution in [3.63, 3.8) is 0 Å². The number of quaternary nitrogens is 1. The summed E-state index contributed by atoms with van der Waals surface area (Å²) in [5, 5.41) is 20.5. The lowest BCUT2D eigenvalue weighted by Crippen LogP contribution is -2.45. The van der Waals surface area contributed by atoms with Crippen LogP contribution in [0.5, 0.6) is 0 Å². The van der Waals surface area contributed by atoms with Crippen molar-refractivity contribution in [1.82, 2.24) is 0 Å². The molecule has 1 amide bonds. The molecule has 0 aromatic carbocycles. The molecular formula is C19H39NO3. The third-order valence-electron chi connectivity index (χ3n) is 4.55. The van der Waals surface area contributed by atoms with Crippen LogP contribution in [0.15, 0.2) is 0 Å². The molecule has 0 aromatic rings. The summed E-state index contributed by atoms with van der Waals surface area (Å²) in [6.45, 7) is 1.99. The molecule has 0 aromatic heterocycles. The summed E-state index contributed by atoms with van der Waals surface area (Å²) in [5.74, 6) is -0.304. The molecule has 0 bridgehead atoms. The second-order valence-electron chi connectivity index (χ2n) is 6.93. The second-order valence-corrected chi connectivity index (χ2v) is 6.93. The van der Waals surface area contributed by atoms with Crippen molar-refractivity contribution in [2.24, 2.45) is 0 Å². The molecule has 23 heavy (non-hydrogen) atoms. The summed E-state index contributed by atoms with van der Waals surface area (Å²) in [6.07, 6.45) is 16.8. The first-order valence-corrected chi connectivity index (χ1v) is 9.75. The van der Waals surface area contributed by atoms with Gasteiger partial charge < -0.3 is 10.3 Å². The van der Waals surface area contributed by atoms with Crippen molar-refractivity contribution in [2.75, 3.05) is 20.2 Å². The molecule has 0 heterocycles. The van der Waals surface area contributed by atoms with Gasteiger partial charge in [0.15, 0.2) is 0 Å². The van der Waals surface area contributed by atoms with E-state index in [0.717, 1.165) is 19.3 Å². The van der Waals surface area contributed by atoms with Gasteiger partial charge in [-0.05, 0) is 6.42 Å². The lowest BCUT2D eigenvalue weighted by molar-refractivity contribution is -0.783. The van der Waals surface area contributed by atoms with Crippen LogP contribution in [0, 0.1) is 5.21 Å². The number of unbranched alkanes of at least 4 members (excludes halogenated alkanes) is 12. The predicted molar refractivity (Wildman–Crippen MR) is 96.8 cm³/mol. The predicted octanol–water partition coefficient (Wildman–Crippen LogP) is 4.93. The van der Waals surface area contributed by atoms with Crippen LogP contribution in [0.1, 0.15) is 96.8 Å². The van der Waals surface area contributed by atoms with E-state index >= 15 is 0 Å². The van der Waals surface area contributed by atoms with Crippen molar-refractivity contribution in [3.8, 4) is 0 Å². The maximum atomic E-state index is 11.8. The van der Waals surface area contributed by atoms with Crippen LogP contribution in [0.2, 0.25) is 0 Å². The molecule has 138 valence electrons. The highest BCUT2D eigenvalue weighted by Gasteiger charge is 2.20. The number of hydrogen-bond donors (Lipinski definition) is 1. The van der Waals surface area contributed by atoms with E-state index in [9.17, 15) is 10.0 Å². The summed E-state index contributed by atoms with van der Waals surface area (Å²) in [7, 11) is 1.33. The lowest BCUT2D eigenvalue weighted by atomic mass is 10.0. The zero-order valence-corrected chi connectivity index (χ0v) is 15.5. The minimum atomic E-state index is -0.936. The smallest absolute Gasteiger partial charge is 0.313 e. The normalized spacial score (nSPS) is 13.9. The SMILES string of the molecule is CCCCCCCCCCCCCCCC(=O)[N+](C)([O-])CCO. The summed E-state index contributed by atoms with van der Waals surface area (Å²) in [4.78, 5) is 11.7. The Kier molecular flexibility index (Phi) is 14.8. The van der Waals surface area contributed by atoms with Gasteiger partial charge in [-0.15, -0.1) is 0 Å². The van der Waals surface area contributed by atoms with Gasteiger partial charge in [-0.1, -0.05) is 84.0 Å². The fraction of sp³-hybridized carbons (Fsp3) is 0.947. The molecule has 1 atom stereocenters. The molecule has 0 aliphatic heterocycles. The Balaban J connectivity index is 3.29. The highest BCUT2D eigenvalue weighted by molar-refractivity contribution is 5.69. The molecule has 0 rings (SSSR count). The van der Waals surface area contributed by atoms with Gasteiger partial charge >= 0.3 is 5.91 Å². The Morgan fingerprint density at radius 1 is 0.826 bits per heavy atom. The van der Waals surface area contributed by atoms with Gasteiger partial charge in [0, 0.05) is 0 Å². The van der Waals surface area contributed by atoms with Crippen molar-refractivity contribution >= 4 is 5.91 Å². The molecule has 0 fully saturated rings. The van der Waals surface area contributed by atoms with Crippen molar-refractivity contribution in [1.29, 1.82) is 0 Å². The Morgan fingerprint density at radius 3 is 1.61 bits per heavy atom. The van der Waals surface area contributed by atoms with E-state index < -0.39 is 4.65 Å². The average Bonchev–Trinajstić information content (AvgIpc) is 2.51.